The number of hydrogen-bond donors (Lipinski definition) is 2. The summed E-state index contributed by atoms with van der Waals surface area (Å²) in [5, 5.41) is 7.51. The molecule has 0 fully saturated rings. The van der Waals surface area contributed by atoms with Crippen molar-refractivity contribution in [2.75, 3.05) is 20.3 Å². The van der Waals surface area contributed by atoms with E-state index in [0.29, 0.717) is 25.7 Å². The molecule has 0 aliphatic carbocycles. The van der Waals surface area contributed by atoms with Crippen LogP contribution in [0.25, 0.3) is 0 Å². The van der Waals surface area contributed by atoms with E-state index >= 15 is 0 Å². The smallest absolute Gasteiger partial charge is 0.189 e. The van der Waals surface area contributed by atoms with Crippen LogP contribution < -0.4 is 11.1 Å². The minimum absolute atomic E-state index is 0.427. The fourth-order valence-corrected chi connectivity index (χ4v) is 1.82. The Morgan fingerprint density at radius 3 is 2.80 bits per heavy atom. The van der Waals surface area contributed by atoms with Gasteiger partial charge < -0.3 is 15.8 Å². The Labute approximate surface area is 120 Å². The van der Waals surface area contributed by atoms with E-state index in [2.05, 4.69) is 22.0 Å². The molecule has 0 bridgehead atoms. The summed E-state index contributed by atoms with van der Waals surface area (Å²) in [6.07, 6.45) is 0. The molecule has 6 heteroatoms. The maximum Gasteiger partial charge on any atom is 0.189 e. The van der Waals surface area contributed by atoms with E-state index in [0.717, 1.165) is 29.1 Å². The molecule has 1 aromatic heterocycles. The molecule has 112 valence electrons. The third-order valence-corrected chi connectivity index (χ3v) is 3.02. The monoisotopic (exact) mass is 279 g/mol. The van der Waals surface area contributed by atoms with Gasteiger partial charge in [0.2, 0.25) is 0 Å². The first kappa shape index (κ1) is 16.2. The lowest BCUT2D eigenvalue weighted by atomic mass is 10.2. The summed E-state index contributed by atoms with van der Waals surface area (Å²) in [4.78, 5) is 4.34. The number of nitrogens with two attached hydrogens (primary N) is 1. The molecular formula is C14H25N5O. The van der Waals surface area contributed by atoms with E-state index in [4.69, 9.17) is 10.5 Å². The minimum Gasteiger partial charge on any atom is -0.383 e. The fourth-order valence-electron chi connectivity index (χ4n) is 1.82. The highest BCUT2D eigenvalue weighted by Gasteiger charge is 2.10. The van der Waals surface area contributed by atoms with Crippen molar-refractivity contribution in [3.05, 3.63) is 29.1 Å². The highest BCUT2D eigenvalue weighted by Crippen LogP contribution is 2.14. The molecule has 0 aliphatic heterocycles. The Balaban J connectivity index is 2.70. The van der Waals surface area contributed by atoms with E-state index in [1.54, 1.807) is 7.11 Å². The molecule has 20 heavy (non-hydrogen) atoms. The molecule has 0 radical (unpaired) electrons. The number of aliphatic imine (C=N–C) groups is 1. The van der Waals surface area contributed by atoms with Crippen LogP contribution in [0.1, 0.15) is 23.9 Å². The Morgan fingerprint density at radius 1 is 1.50 bits per heavy atom. The topological polar surface area (TPSA) is 77.5 Å². The zero-order chi connectivity index (χ0) is 15.1. The van der Waals surface area contributed by atoms with Crippen LogP contribution in [-0.4, -0.2) is 36.0 Å². The van der Waals surface area contributed by atoms with Crippen molar-refractivity contribution in [3.8, 4) is 0 Å². The van der Waals surface area contributed by atoms with E-state index in [1.165, 1.54) is 0 Å². The number of aromatic nitrogens is 2. The highest BCUT2D eigenvalue weighted by molar-refractivity contribution is 5.78. The first-order chi connectivity index (χ1) is 9.45. The second-order valence-electron chi connectivity index (χ2n) is 4.88. The highest BCUT2D eigenvalue weighted by atomic mass is 16.5. The Morgan fingerprint density at radius 2 is 2.20 bits per heavy atom. The van der Waals surface area contributed by atoms with Crippen LogP contribution in [0.15, 0.2) is 17.1 Å². The summed E-state index contributed by atoms with van der Waals surface area (Å²) in [5.74, 6) is 0.427. The van der Waals surface area contributed by atoms with Crippen molar-refractivity contribution in [2.45, 2.75) is 33.9 Å². The summed E-state index contributed by atoms with van der Waals surface area (Å²) >= 11 is 0. The van der Waals surface area contributed by atoms with Crippen LogP contribution in [0, 0.1) is 13.8 Å². The van der Waals surface area contributed by atoms with Crippen LogP contribution in [0.4, 0.5) is 0 Å². The van der Waals surface area contributed by atoms with E-state index in [-0.39, 0.29) is 0 Å². The molecule has 0 saturated carbocycles. The van der Waals surface area contributed by atoms with Crippen molar-refractivity contribution < 1.29 is 4.74 Å². The van der Waals surface area contributed by atoms with E-state index in [9.17, 15) is 0 Å². The van der Waals surface area contributed by atoms with Crippen molar-refractivity contribution in [3.63, 3.8) is 0 Å². The second kappa shape index (κ2) is 7.69. The van der Waals surface area contributed by atoms with Crippen LogP contribution in [0.2, 0.25) is 0 Å². The number of aryl methyl sites for hydroxylation is 1. The summed E-state index contributed by atoms with van der Waals surface area (Å²) < 4.78 is 7.02. The largest absolute Gasteiger partial charge is 0.383 e. The lowest BCUT2D eigenvalue weighted by molar-refractivity contribution is 0.182. The van der Waals surface area contributed by atoms with Gasteiger partial charge in [-0.3, -0.25) is 4.68 Å². The lowest BCUT2D eigenvalue weighted by Crippen LogP contribution is -2.32. The third-order valence-electron chi connectivity index (χ3n) is 3.02. The van der Waals surface area contributed by atoms with Crippen molar-refractivity contribution in [1.29, 1.82) is 0 Å². The maximum absolute atomic E-state index is 5.81. The third kappa shape index (κ3) is 4.70. The molecular weight excluding hydrogens is 254 g/mol. The standard InChI is InChI=1S/C14H25N5O/c1-10(2)8-16-14(15)17-9-13-11(3)18-19(12(13)4)6-7-20-5/h1,6-9H2,2-5H3,(H3,15,16,17). The molecule has 6 nitrogen and oxygen atoms in total. The molecule has 0 aliphatic rings. The Hall–Kier alpha value is -1.82. The number of rotatable bonds is 7. The molecule has 1 heterocycles. The quantitative estimate of drug-likeness (QED) is 0.445. The van der Waals surface area contributed by atoms with Crippen molar-refractivity contribution >= 4 is 5.96 Å². The summed E-state index contributed by atoms with van der Waals surface area (Å²) in [7, 11) is 1.69. The molecule has 0 unspecified atom stereocenters. The van der Waals surface area contributed by atoms with Gasteiger partial charge in [0.05, 0.1) is 25.4 Å². The normalized spacial score (nSPS) is 11.7. The number of nitrogens with one attached hydrogen (secondary N) is 1. The van der Waals surface area contributed by atoms with Gasteiger partial charge in [0, 0.05) is 24.9 Å². The maximum atomic E-state index is 5.81. The predicted molar refractivity (Wildman–Crippen MR) is 81.7 cm³/mol. The van der Waals surface area contributed by atoms with Crippen molar-refractivity contribution in [2.24, 2.45) is 10.7 Å². The molecule has 0 spiro atoms. The molecule has 0 atom stereocenters. The van der Waals surface area contributed by atoms with E-state index < -0.39 is 0 Å². The summed E-state index contributed by atoms with van der Waals surface area (Å²) in [5.41, 5.74) is 10.0. The van der Waals surface area contributed by atoms with E-state index in [1.807, 2.05) is 25.5 Å². The Bertz CT molecular complexity index is 490. The summed E-state index contributed by atoms with van der Waals surface area (Å²) in [6.45, 7) is 12.3. The predicted octanol–water partition coefficient (Wildman–Crippen LogP) is 1.13. The van der Waals surface area contributed by atoms with Gasteiger partial charge in [-0.15, -0.1) is 0 Å². The van der Waals surface area contributed by atoms with Gasteiger partial charge in [0.25, 0.3) is 0 Å². The van der Waals surface area contributed by atoms with Gasteiger partial charge in [-0.25, -0.2) is 4.99 Å². The molecule has 1 aromatic rings. The van der Waals surface area contributed by atoms with Crippen LogP contribution in [-0.2, 0) is 17.8 Å². The van der Waals surface area contributed by atoms with Crippen molar-refractivity contribution in [1.82, 2.24) is 15.1 Å². The second-order valence-corrected chi connectivity index (χ2v) is 4.88. The van der Waals surface area contributed by atoms with Gasteiger partial charge in [0.15, 0.2) is 5.96 Å². The SMILES string of the molecule is C=C(C)CNC(N)=NCc1c(C)nn(CCOC)c1C. The van der Waals surface area contributed by atoms with Crippen LogP contribution in [0.3, 0.4) is 0 Å². The fraction of sp³-hybridized carbons (Fsp3) is 0.571. The van der Waals surface area contributed by atoms with Crippen LogP contribution in [0.5, 0.6) is 0 Å². The number of guanidine groups is 1. The Kier molecular flexibility index (Phi) is 6.24. The lowest BCUT2D eigenvalue weighted by Gasteiger charge is -2.06. The molecule has 0 saturated heterocycles. The minimum atomic E-state index is 0.427. The zero-order valence-electron chi connectivity index (χ0n) is 12.9. The first-order valence-electron chi connectivity index (χ1n) is 6.65. The number of hydrogen-bond acceptors (Lipinski definition) is 3. The van der Waals surface area contributed by atoms with Gasteiger partial charge in [-0.2, -0.15) is 5.10 Å². The van der Waals surface area contributed by atoms with Gasteiger partial charge in [-0.05, 0) is 20.8 Å². The summed E-state index contributed by atoms with van der Waals surface area (Å²) in [6, 6.07) is 0. The molecule has 1 rings (SSSR count). The molecule has 0 amide bonds. The van der Waals surface area contributed by atoms with Gasteiger partial charge >= 0.3 is 0 Å². The molecule has 0 aromatic carbocycles. The zero-order valence-corrected chi connectivity index (χ0v) is 12.9. The average molecular weight is 279 g/mol. The van der Waals surface area contributed by atoms with Gasteiger partial charge in [-0.1, -0.05) is 12.2 Å². The van der Waals surface area contributed by atoms with Crippen LogP contribution >= 0.6 is 0 Å². The average Bonchev–Trinajstić information content (AvgIpc) is 2.66. The number of nitrogens with zero attached hydrogens (tertiary/aromatic N) is 3. The number of ether oxygens (including phenoxy) is 1. The van der Waals surface area contributed by atoms with Gasteiger partial charge in [0.1, 0.15) is 0 Å². The molecule has 3 N–H and O–H groups in total. The number of methoxy groups -OCH3 is 1. The first-order valence-corrected chi connectivity index (χ1v) is 6.65.